The molecule has 0 saturated heterocycles. The van der Waals surface area contributed by atoms with Crippen molar-refractivity contribution in [3.05, 3.63) is 72.4 Å². The molecule has 0 aliphatic rings. The van der Waals surface area contributed by atoms with Gasteiger partial charge in [-0.05, 0) is 17.7 Å². The molecule has 0 N–H and O–H groups in total. The molecule has 0 amide bonds. The standard InChI is InChI=1S/C17H13NO2/c19-16(12-13-6-2-1-3-7-13)20-15-10-4-8-14-9-5-11-18-17(14)15/h1-11H,12H2. The van der Waals surface area contributed by atoms with Gasteiger partial charge in [-0.1, -0.05) is 48.5 Å². The van der Waals surface area contributed by atoms with Gasteiger partial charge in [0.15, 0.2) is 5.75 Å². The highest BCUT2D eigenvalue weighted by molar-refractivity contribution is 5.87. The van der Waals surface area contributed by atoms with Crippen LogP contribution in [0.1, 0.15) is 5.56 Å². The van der Waals surface area contributed by atoms with Gasteiger partial charge in [-0.3, -0.25) is 9.78 Å². The van der Waals surface area contributed by atoms with E-state index in [2.05, 4.69) is 4.98 Å². The Balaban J connectivity index is 1.81. The summed E-state index contributed by atoms with van der Waals surface area (Å²) in [6, 6.07) is 18.9. The molecule has 2 aromatic carbocycles. The quantitative estimate of drug-likeness (QED) is 0.537. The Kier molecular flexibility index (Phi) is 3.42. The number of benzene rings is 2. The van der Waals surface area contributed by atoms with Crippen molar-refractivity contribution < 1.29 is 9.53 Å². The maximum Gasteiger partial charge on any atom is 0.315 e. The third-order valence-electron chi connectivity index (χ3n) is 3.01. The average molecular weight is 263 g/mol. The second-order valence-electron chi connectivity index (χ2n) is 4.47. The predicted molar refractivity (Wildman–Crippen MR) is 77.5 cm³/mol. The normalized spacial score (nSPS) is 10.4. The van der Waals surface area contributed by atoms with E-state index in [1.807, 2.05) is 54.6 Å². The lowest BCUT2D eigenvalue weighted by atomic mass is 10.1. The number of nitrogens with zero attached hydrogens (tertiary/aromatic N) is 1. The van der Waals surface area contributed by atoms with Crippen molar-refractivity contribution in [1.29, 1.82) is 0 Å². The van der Waals surface area contributed by atoms with Crippen molar-refractivity contribution in [1.82, 2.24) is 4.98 Å². The van der Waals surface area contributed by atoms with Gasteiger partial charge in [0.2, 0.25) is 0 Å². The lowest BCUT2D eigenvalue weighted by molar-refractivity contribution is -0.133. The smallest absolute Gasteiger partial charge is 0.315 e. The minimum atomic E-state index is -0.283. The number of ether oxygens (including phenoxy) is 1. The van der Waals surface area contributed by atoms with Crippen molar-refractivity contribution >= 4 is 16.9 Å². The first-order valence-corrected chi connectivity index (χ1v) is 6.41. The molecule has 3 aromatic rings. The largest absolute Gasteiger partial charge is 0.424 e. The zero-order valence-corrected chi connectivity index (χ0v) is 10.8. The van der Waals surface area contributed by atoms with Crippen LogP contribution in [0.15, 0.2) is 66.9 Å². The third kappa shape index (κ3) is 2.67. The molecule has 20 heavy (non-hydrogen) atoms. The molecular formula is C17H13NO2. The van der Waals surface area contributed by atoms with Gasteiger partial charge in [0.1, 0.15) is 5.52 Å². The number of rotatable bonds is 3. The van der Waals surface area contributed by atoms with Gasteiger partial charge in [-0.2, -0.15) is 0 Å². The Hall–Kier alpha value is -2.68. The molecule has 3 nitrogen and oxygen atoms in total. The van der Waals surface area contributed by atoms with Gasteiger partial charge in [-0.25, -0.2) is 0 Å². The summed E-state index contributed by atoms with van der Waals surface area (Å²) < 4.78 is 5.43. The topological polar surface area (TPSA) is 39.2 Å². The molecule has 0 aliphatic heterocycles. The molecule has 0 radical (unpaired) electrons. The Labute approximate surface area is 116 Å². The molecule has 0 saturated carbocycles. The van der Waals surface area contributed by atoms with Crippen LogP contribution in [0.3, 0.4) is 0 Å². The number of hydrogen-bond donors (Lipinski definition) is 0. The van der Waals surface area contributed by atoms with Crippen LogP contribution in [0.2, 0.25) is 0 Å². The van der Waals surface area contributed by atoms with Gasteiger partial charge >= 0.3 is 5.97 Å². The summed E-state index contributed by atoms with van der Waals surface area (Å²) in [5.74, 6) is 0.221. The maximum absolute atomic E-state index is 12.0. The summed E-state index contributed by atoms with van der Waals surface area (Å²) in [5, 5.41) is 0.956. The first kappa shape index (κ1) is 12.4. The molecule has 1 heterocycles. The number of para-hydroxylation sites is 1. The molecule has 0 fully saturated rings. The number of aromatic nitrogens is 1. The number of carbonyl (C=O) groups is 1. The zero-order chi connectivity index (χ0) is 13.8. The number of fused-ring (bicyclic) bond motifs is 1. The lowest BCUT2D eigenvalue weighted by Gasteiger charge is -2.07. The molecular weight excluding hydrogens is 250 g/mol. The van der Waals surface area contributed by atoms with Crippen molar-refractivity contribution in [2.24, 2.45) is 0 Å². The van der Waals surface area contributed by atoms with Crippen LogP contribution in [-0.4, -0.2) is 11.0 Å². The zero-order valence-electron chi connectivity index (χ0n) is 10.8. The maximum atomic E-state index is 12.0. The summed E-state index contributed by atoms with van der Waals surface area (Å²) in [7, 11) is 0. The van der Waals surface area contributed by atoms with E-state index >= 15 is 0 Å². The number of pyridine rings is 1. The van der Waals surface area contributed by atoms with Crippen molar-refractivity contribution in [2.75, 3.05) is 0 Å². The minimum absolute atomic E-state index is 0.254. The van der Waals surface area contributed by atoms with Crippen molar-refractivity contribution in [2.45, 2.75) is 6.42 Å². The SMILES string of the molecule is O=C(Cc1ccccc1)Oc1cccc2cccnc12. The van der Waals surface area contributed by atoms with Crippen LogP contribution in [0.4, 0.5) is 0 Å². The average Bonchev–Trinajstić information content (AvgIpc) is 2.48. The Morgan fingerprint density at radius 2 is 1.75 bits per heavy atom. The van der Waals surface area contributed by atoms with Gasteiger partial charge in [-0.15, -0.1) is 0 Å². The van der Waals surface area contributed by atoms with E-state index in [0.29, 0.717) is 11.3 Å². The molecule has 1 aromatic heterocycles. The first-order valence-electron chi connectivity index (χ1n) is 6.41. The number of hydrogen-bond acceptors (Lipinski definition) is 3. The Morgan fingerprint density at radius 3 is 2.60 bits per heavy atom. The first-order chi connectivity index (χ1) is 9.83. The number of carbonyl (C=O) groups excluding carboxylic acids is 1. The number of esters is 1. The second-order valence-corrected chi connectivity index (χ2v) is 4.47. The van der Waals surface area contributed by atoms with Crippen molar-refractivity contribution in [3.8, 4) is 5.75 Å². The molecule has 0 unspecified atom stereocenters. The van der Waals surface area contributed by atoms with Crippen molar-refractivity contribution in [3.63, 3.8) is 0 Å². The molecule has 3 rings (SSSR count). The molecule has 98 valence electrons. The highest BCUT2D eigenvalue weighted by atomic mass is 16.5. The van der Waals surface area contributed by atoms with E-state index in [1.165, 1.54) is 0 Å². The summed E-state index contributed by atoms with van der Waals surface area (Å²) >= 11 is 0. The fourth-order valence-corrected chi connectivity index (χ4v) is 2.08. The summed E-state index contributed by atoms with van der Waals surface area (Å²) in [6.45, 7) is 0. The highest BCUT2D eigenvalue weighted by Gasteiger charge is 2.09. The lowest BCUT2D eigenvalue weighted by Crippen LogP contribution is -2.11. The Morgan fingerprint density at radius 1 is 0.950 bits per heavy atom. The van der Waals surface area contributed by atoms with Crippen LogP contribution < -0.4 is 4.74 Å². The third-order valence-corrected chi connectivity index (χ3v) is 3.01. The van der Waals surface area contributed by atoms with E-state index < -0.39 is 0 Å². The van der Waals surface area contributed by atoms with Crippen LogP contribution >= 0.6 is 0 Å². The van der Waals surface area contributed by atoms with Gasteiger partial charge in [0.25, 0.3) is 0 Å². The minimum Gasteiger partial charge on any atom is -0.424 e. The summed E-state index contributed by atoms with van der Waals surface area (Å²) in [4.78, 5) is 16.2. The van der Waals surface area contributed by atoms with Gasteiger partial charge in [0, 0.05) is 11.6 Å². The van der Waals surface area contributed by atoms with Crippen LogP contribution in [-0.2, 0) is 11.2 Å². The van der Waals surface area contributed by atoms with Crippen LogP contribution in [0.5, 0.6) is 5.75 Å². The Bertz CT molecular complexity index is 733. The van der Waals surface area contributed by atoms with Gasteiger partial charge < -0.3 is 4.74 Å². The van der Waals surface area contributed by atoms with E-state index in [1.54, 1.807) is 12.3 Å². The highest BCUT2D eigenvalue weighted by Crippen LogP contribution is 2.23. The van der Waals surface area contributed by atoms with E-state index in [0.717, 1.165) is 10.9 Å². The molecule has 0 spiro atoms. The van der Waals surface area contributed by atoms with E-state index in [9.17, 15) is 4.79 Å². The fourth-order valence-electron chi connectivity index (χ4n) is 2.08. The van der Waals surface area contributed by atoms with Crippen LogP contribution in [0, 0.1) is 0 Å². The summed E-state index contributed by atoms with van der Waals surface area (Å²) in [5.41, 5.74) is 1.64. The molecule has 0 aliphatic carbocycles. The van der Waals surface area contributed by atoms with E-state index in [4.69, 9.17) is 4.74 Å². The van der Waals surface area contributed by atoms with Crippen LogP contribution in [0.25, 0.3) is 10.9 Å². The van der Waals surface area contributed by atoms with Gasteiger partial charge in [0.05, 0.1) is 6.42 Å². The fraction of sp³-hybridized carbons (Fsp3) is 0.0588. The predicted octanol–water partition coefficient (Wildman–Crippen LogP) is 3.38. The summed E-state index contributed by atoms with van der Waals surface area (Å²) in [6.07, 6.45) is 1.95. The monoisotopic (exact) mass is 263 g/mol. The van der Waals surface area contributed by atoms with E-state index in [-0.39, 0.29) is 12.4 Å². The molecule has 0 atom stereocenters. The molecule has 0 bridgehead atoms. The molecule has 3 heteroatoms. The second kappa shape index (κ2) is 5.53.